The fraction of sp³-hybridized carbons (Fsp3) is 0. The van der Waals surface area contributed by atoms with E-state index >= 15 is 0 Å². The van der Waals surface area contributed by atoms with Crippen LogP contribution in [0.15, 0.2) is 62.1 Å². The molecule has 0 spiro atoms. The standard InChI is InChI=1S/C12H10BrN3O3S.Na/c13-11-7-9(3-6-12(11)14)16-15-8-1-4-10(5-2-8)20(17,18)19;/h1-7H,14H2,(H,17,18,19);/q;+1/p-1. The van der Waals surface area contributed by atoms with Crippen molar-refractivity contribution in [2.45, 2.75) is 4.90 Å². The Kier molecular flexibility index (Phi) is 6.51. The second-order valence-electron chi connectivity index (χ2n) is 3.85. The summed E-state index contributed by atoms with van der Waals surface area (Å²) in [6, 6.07) is 10.3. The van der Waals surface area contributed by atoms with E-state index in [4.69, 9.17) is 5.73 Å². The molecule has 21 heavy (non-hydrogen) atoms. The molecule has 2 aromatic rings. The van der Waals surface area contributed by atoms with Gasteiger partial charge in [-0.05, 0) is 58.4 Å². The van der Waals surface area contributed by atoms with Crippen LogP contribution < -0.4 is 35.3 Å². The number of rotatable bonds is 3. The average Bonchev–Trinajstić information content (AvgIpc) is 2.40. The number of hydrogen-bond acceptors (Lipinski definition) is 6. The van der Waals surface area contributed by atoms with E-state index in [9.17, 15) is 13.0 Å². The van der Waals surface area contributed by atoms with Gasteiger partial charge in [-0.15, -0.1) is 0 Å². The Morgan fingerprint density at radius 2 is 1.52 bits per heavy atom. The van der Waals surface area contributed by atoms with Crippen LogP contribution in [-0.4, -0.2) is 13.0 Å². The van der Waals surface area contributed by atoms with Crippen LogP contribution in [0, 0.1) is 0 Å². The summed E-state index contributed by atoms with van der Waals surface area (Å²) in [5.41, 5.74) is 7.26. The van der Waals surface area contributed by atoms with Gasteiger partial charge in [-0.1, -0.05) is 0 Å². The van der Waals surface area contributed by atoms with Crippen LogP contribution >= 0.6 is 15.9 Å². The first-order valence-electron chi connectivity index (χ1n) is 5.39. The molecular formula is C12H9BrN3NaO3S. The number of benzene rings is 2. The number of nitrogens with two attached hydrogens (primary N) is 1. The molecule has 0 atom stereocenters. The molecule has 2 aromatic carbocycles. The second kappa shape index (κ2) is 7.48. The summed E-state index contributed by atoms with van der Waals surface area (Å²) in [4.78, 5) is -0.299. The summed E-state index contributed by atoms with van der Waals surface area (Å²) < 4.78 is 33.0. The van der Waals surface area contributed by atoms with Crippen molar-refractivity contribution in [2.75, 3.05) is 5.73 Å². The summed E-state index contributed by atoms with van der Waals surface area (Å²) in [5.74, 6) is 0. The van der Waals surface area contributed by atoms with Gasteiger partial charge in [0.15, 0.2) is 0 Å². The van der Waals surface area contributed by atoms with Crippen molar-refractivity contribution < 1.29 is 42.5 Å². The maximum absolute atomic E-state index is 10.8. The van der Waals surface area contributed by atoms with Crippen molar-refractivity contribution in [1.82, 2.24) is 0 Å². The van der Waals surface area contributed by atoms with Gasteiger partial charge >= 0.3 is 29.6 Å². The maximum atomic E-state index is 10.8. The number of azo groups is 1. The van der Waals surface area contributed by atoms with E-state index in [1.54, 1.807) is 18.2 Å². The van der Waals surface area contributed by atoms with Crippen LogP contribution in [-0.2, 0) is 10.1 Å². The van der Waals surface area contributed by atoms with Crippen LogP contribution in [0.3, 0.4) is 0 Å². The molecule has 0 aliphatic carbocycles. The smallest absolute Gasteiger partial charge is 0.744 e. The fourth-order valence-corrected chi connectivity index (χ4v) is 2.21. The summed E-state index contributed by atoms with van der Waals surface area (Å²) in [6.45, 7) is 0. The van der Waals surface area contributed by atoms with Crippen molar-refractivity contribution >= 4 is 43.1 Å². The molecule has 0 radical (unpaired) electrons. The molecule has 0 aromatic heterocycles. The zero-order valence-electron chi connectivity index (χ0n) is 11.0. The zero-order valence-corrected chi connectivity index (χ0v) is 15.4. The molecule has 0 aliphatic heterocycles. The van der Waals surface area contributed by atoms with Crippen LogP contribution in [0.25, 0.3) is 0 Å². The number of halogens is 1. The van der Waals surface area contributed by atoms with Crippen LogP contribution in [0.5, 0.6) is 0 Å². The summed E-state index contributed by atoms with van der Waals surface area (Å²) in [5, 5.41) is 7.92. The van der Waals surface area contributed by atoms with Crippen molar-refractivity contribution in [2.24, 2.45) is 10.2 Å². The Balaban J connectivity index is 0.00000220. The van der Waals surface area contributed by atoms with Gasteiger partial charge in [-0.25, -0.2) is 8.42 Å². The minimum Gasteiger partial charge on any atom is -0.744 e. The van der Waals surface area contributed by atoms with Gasteiger partial charge in [0.1, 0.15) is 10.1 Å². The van der Waals surface area contributed by atoms with Crippen LogP contribution in [0.1, 0.15) is 0 Å². The van der Waals surface area contributed by atoms with Crippen LogP contribution in [0.4, 0.5) is 17.1 Å². The minimum atomic E-state index is -4.44. The first-order valence-corrected chi connectivity index (χ1v) is 7.59. The Morgan fingerprint density at radius 1 is 1.00 bits per heavy atom. The van der Waals surface area contributed by atoms with E-state index in [1.807, 2.05) is 0 Å². The van der Waals surface area contributed by atoms with Gasteiger partial charge in [0.25, 0.3) is 0 Å². The predicted molar refractivity (Wildman–Crippen MR) is 77.1 cm³/mol. The van der Waals surface area contributed by atoms with Crippen molar-refractivity contribution in [1.29, 1.82) is 0 Å². The molecule has 0 heterocycles. The van der Waals surface area contributed by atoms with Crippen molar-refractivity contribution in [3.8, 4) is 0 Å². The number of hydrogen-bond donors (Lipinski definition) is 1. The van der Waals surface area contributed by atoms with E-state index in [0.717, 1.165) is 0 Å². The number of anilines is 1. The van der Waals surface area contributed by atoms with E-state index < -0.39 is 10.1 Å². The molecule has 0 saturated heterocycles. The van der Waals surface area contributed by atoms with E-state index in [-0.39, 0.29) is 34.5 Å². The van der Waals surface area contributed by atoms with E-state index in [0.29, 0.717) is 21.5 Å². The molecule has 0 saturated carbocycles. The quantitative estimate of drug-likeness (QED) is 0.360. The number of nitrogens with zero attached hydrogens (tertiary/aromatic N) is 2. The first kappa shape index (κ1) is 18.3. The molecule has 0 aliphatic rings. The predicted octanol–water partition coefficient (Wildman–Crippen LogP) is 0.355. The molecule has 0 fully saturated rings. The topological polar surface area (TPSA) is 108 Å². The summed E-state index contributed by atoms with van der Waals surface area (Å²) in [7, 11) is -4.44. The van der Waals surface area contributed by atoms with Gasteiger partial charge in [-0.3, -0.25) is 0 Å². The average molecular weight is 378 g/mol. The van der Waals surface area contributed by atoms with Crippen molar-refractivity contribution in [3.05, 3.63) is 46.9 Å². The third-order valence-electron chi connectivity index (χ3n) is 2.39. The zero-order chi connectivity index (χ0) is 14.8. The fourth-order valence-electron chi connectivity index (χ4n) is 1.37. The Labute approximate surface area is 152 Å². The van der Waals surface area contributed by atoms with E-state index in [2.05, 4.69) is 26.2 Å². The third kappa shape index (κ3) is 5.17. The normalized spacial score (nSPS) is 11.3. The van der Waals surface area contributed by atoms with Gasteiger partial charge in [0.05, 0.1) is 16.3 Å². The Bertz CT molecular complexity index is 764. The summed E-state index contributed by atoms with van der Waals surface area (Å²) >= 11 is 3.28. The van der Waals surface area contributed by atoms with Gasteiger partial charge < -0.3 is 10.3 Å². The molecule has 0 unspecified atom stereocenters. The van der Waals surface area contributed by atoms with Crippen LogP contribution in [0.2, 0.25) is 0 Å². The maximum Gasteiger partial charge on any atom is 1.00 e. The largest absolute Gasteiger partial charge is 1.00 e. The molecule has 104 valence electrons. The minimum absolute atomic E-state index is 0. The molecule has 6 nitrogen and oxygen atoms in total. The Morgan fingerprint density at radius 3 is 2.05 bits per heavy atom. The molecule has 9 heteroatoms. The SMILES string of the molecule is Nc1ccc(N=Nc2ccc(S(=O)(=O)[O-])cc2)cc1Br.[Na+]. The van der Waals surface area contributed by atoms with Crippen molar-refractivity contribution in [3.63, 3.8) is 0 Å². The van der Waals surface area contributed by atoms with Gasteiger partial charge in [0, 0.05) is 10.2 Å². The monoisotopic (exact) mass is 377 g/mol. The second-order valence-corrected chi connectivity index (χ2v) is 6.09. The van der Waals surface area contributed by atoms with Gasteiger partial charge in [0.2, 0.25) is 0 Å². The van der Waals surface area contributed by atoms with Gasteiger partial charge in [-0.2, -0.15) is 10.2 Å². The molecule has 2 rings (SSSR count). The molecule has 2 N–H and O–H groups in total. The molecule has 0 amide bonds. The molecule has 0 bridgehead atoms. The Hall–Kier alpha value is -0.770. The number of nitrogen functional groups attached to an aromatic ring is 1. The molecular weight excluding hydrogens is 369 g/mol. The summed E-state index contributed by atoms with van der Waals surface area (Å²) in [6.07, 6.45) is 0. The third-order valence-corrected chi connectivity index (χ3v) is 3.93. The van der Waals surface area contributed by atoms with E-state index in [1.165, 1.54) is 24.3 Å². The first-order chi connectivity index (χ1) is 9.36.